The van der Waals surface area contributed by atoms with Crippen LogP contribution in [0.1, 0.15) is 0 Å². The van der Waals surface area contributed by atoms with E-state index >= 15 is 0 Å². The third kappa shape index (κ3) is 5.41. The molecule has 0 atom stereocenters. The van der Waals surface area contributed by atoms with Crippen molar-refractivity contribution in [2.75, 3.05) is 13.7 Å². The van der Waals surface area contributed by atoms with E-state index in [1.165, 1.54) is 7.11 Å². The lowest BCUT2D eigenvalue weighted by Crippen LogP contribution is -2.05. The lowest BCUT2D eigenvalue weighted by Gasteiger charge is -2.04. The summed E-state index contributed by atoms with van der Waals surface area (Å²) in [7, 11) is 1.22. The number of hydrogen-bond acceptors (Lipinski definition) is 5. The van der Waals surface area contributed by atoms with E-state index in [1.807, 2.05) is 0 Å². The van der Waals surface area contributed by atoms with Crippen molar-refractivity contribution in [3.05, 3.63) is 36.4 Å². The quantitative estimate of drug-likeness (QED) is 0.346. The molecule has 0 radical (unpaired) electrons. The summed E-state index contributed by atoms with van der Waals surface area (Å²) in [5.74, 6) is 1.93. The standard InChI is InChI=1S/C14H12O5/c1-3-10-18-11-4-6-12(7-5-11)19-14(16)9-8-13(15)17-2/h1,4-9H,10H2,2H3/b9-8-. The lowest BCUT2D eigenvalue weighted by molar-refractivity contribution is -0.135. The molecule has 0 aromatic heterocycles. The van der Waals surface area contributed by atoms with Crippen LogP contribution in [-0.4, -0.2) is 25.7 Å². The first-order valence-electron chi connectivity index (χ1n) is 5.30. The molecule has 1 rings (SSSR count). The molecular formula is C14H12O5. The topological polar surface area (TPSA) is 61.8 Å². The Hall–Kier alpha value is -2.74. The van der Waals surface area contributed by atoms with Gasteiger partial charge in [-0.05, 0) is 24.3 Å². The van der Waals surface area contributed by atoms with E-state index in [9.17, 15) is 9.59 Å². The first-order chi connectivity index (χ1) is 9.15. The van der Waals surface area contributed by atoms with E-state index < -0.39 is 11.9 Å². The largest absolute Gasteiger partial charge is 0.481 e. The van der Waals surface area contributed by atoms with Gasteiger partial charge in [0.15, 0.2) is 0 Å². The number of terminal acetylenes is 1. The van der Waals surface area contributed by atoms with Crippen LogP contribution >= 0.6 is 0 Å². The highest BCUT2D eigenvalue weighted by Gasteiger charge is 2.02. The molecule has 5 nitrogen and oxygen atoms in total. The summed E-state index contributed by atoms with van der Waals surface area (Å²) in [6.07, 6.45) is 7.01. The summed E-state index contributed by atoms with van der Waals surface area (Å²) in [6.45, 7) is 0.168. The summed E-state index contributed by atoms with van der Waals surface area (Å²) in [5.41, 5.74) is 0. The van der Waals surface area contributed by atoms with Crippen LogP contribution in [0.25, 0.3) is 0 Å². The van der Waals surface area contributed by atoms with Gasteiger partial charge in [0.1, 0.15) is 18.1 Å². The van der Waals surface area contributed by atoms with E-state index in [2.05, 4.69) is 10.7 Å². The van der Waals surface area contributed by atoms with Gasteiger partial charge in [-0.2, -0.15) is 0 Å². The van der Waals surface area contributed by atoms with Crippen molar-refractivity contribution in [3.63, 3.8) is 0 Å². The smallest absolute Gasteiger partial charge is 0.336 e. The summed E-state index contributed by atoms with van der Waals surface area (Å²) < 4.78 is 14.4. The van der Waals surface area contributed by atoms with Gasteiger partial charge in [-0.3, -0.25) is 0 Å². The van der Waals surface area contributed by atoms with Crippen molar-refractivity contribution in [2.45, 2.75) is 0 Å². The molecule has 0 saturated carbocycles. The van der Waals surface area contributed by atoms with Crippen LogP contribution in [0.2, 0.25) is 0 Å². The molecule has 0 aliphatic carbocycles. The molecule has 1 aromatic rings. The first kappa shape index (κ1) is 14.3. The zero-order valence-electron chi connectivity index (χ0n) is 10.3. The van der Waals surface area contributed by atoms with Crippen LogP contribution in [0.5, 0.6) is 11.5 Å². The first-order valence-corrected chi connectivity index (χ1v) is 5.30. The Kier molecular flexibility index (Phi) is 5.70. The SMILES string of the molecule is C#CCOc1ccc(OC(=O)/C=C\C(=O)OC)cc1. The minimum atomic E-state index is -0.678. The molecule has 0 bridgehead atoms. The fraction of sp³-hybridized carbons (Fsp3) is 0.143. The van der Waals surface area contributed by atoms with Crippen LogP contribution in [0.4, 0.5) is 0 Å². The molecule has 0 fully saturated rings. The fourth-order valence-electron chi connectivity index (χ4n) is 1.08. The van der Waals surface area contributed by atoms with E-state index in [1.54, 1.807) is 24.3 Å². The maximum atomic E-state index is 11.3. The average Bonchev–Trinajstić information content (AvgIpc) is 2.44. The number of benzene rings is 1. The van der Waals surface area contributed by atoms with E-state index in [-0.39, 0.29) is 6.61 Å². The molecule has 0 N–H and O–H groups in total. The van der Waals surface area contributed by atoms with Crippen molar-refractivity contribution >= 4 is 11.9 Å². The van der Waals surface area contributed by atoms with Crippen LogP contribution in [0, 0.1) is 12.3 Å². The van der Waals surface area contributed by atoms with Crippen LogP contribution in [0.3, 0.4) is 0 Å². The predicted molar refractivity (Wildman–Crippen MR) is 67.6 cm³/mol. The Morgan fingerprint density at radius 3 is 2.32 bits per heavy atom. The number of esters is 2. The van der Waals surface area contributed by atoms with Crippen molar-refractivity contribution < 1.29 is 23.8 Å². The molecule has 5 heteroatoms. The molecule has 0 unspecified atom stereocenters. The highest BCUT2D eigenvalue weighted by Crippen LogP contribution is 2.17. The number of carbonyl (C=O) groups excluding carboxylic acids is 2. The Bertz CT molecular complexity index is 508. The van der Waals surface area contributed by atoms with Crippen molar-refractivity contribution in [1.82, 2.24) is 0 Å². The summed E-state index contributed by atoms with van der Waals surface area (Å²) >= 11 is 0. The number of rotatable bonds is 5. The summed E-state index contributed by atoms with van der Waals surface area (Å²) in [4.78, 5) is 22.1. The molecule has 0 aliphatic rings. The van der Waals surface area contributed by atoms with Gasteiger partial charge in [-0.1, -0.05) is 5.92 Å². The number of ether oxygens (including phenoxy) is 3. The fourth-order valence-corrected chi connectivity index (χ4v) is 1.08. The molecular weight excluding hydrogens is 248 g/mol. The van der Waals surface area contributed by atoms with Crippen LogP contribution in [0.15, 0.2) is 36.4 Å². The zero-order chi connectivity index (χ0) is 14.1. The molecule has 0 amide bonds. The monoisotopic (exact) mass is 260 g/mol. The molecule has 0 aliphatic heterocycles. The van der Waals surface area contributed by atoms with Gasteiger partial charge in [-0.25, -0.2) is 9.59 Å². The number of methoxy groups -OCH3 is 1. The van der Waals surface area contributed by atoms with Crippen molar-refractivity contribution in [1.29, 1.82) is 0 Å². The van der Waals surface area contributed by atoms with Gasteiger partial charge in [0, 0.05) is 12.2 Å². The highest BCUT2D eigenvalue weighted by atomic mass is 16.5. The lowest BCUT2D eigenvalue weighted by atomic mass is 10.3. The normalized spacial score (nSPS) is 9.68. The van der Waals surface area contributed by atoms with Gasteiger partial charge in [0.2, 0.25) is 0 Å². The Balaban J connectivity index is 2.53. The van der Waals surface area contributed by atoms with Crippen molar-refractivity contribution in [3.8, 4) is 23.8 Å². The number of carbonyl (C=O) groups is 2. The molecule has 0 saturated heterocycles. The second kappa shape index (κ2) is 7.56. The zero-order valence-corrected chi connectivity index (χ0v) is 10.3. The van der Waals surface area contributed by atoms with E-state index in [0.29, 0.717) is 11.5 Å². The molecule has 0 spiro atoms. The summed E-state index contributed by atoms with van der Waals surface area (Å²) in [6, 6.07) is 6.33. The molecule has 98 valence electrons. The van der Waals surface area contributed by atoms with Gasteiger partial charge in [-0.15, -0.1) is 6.42 Å². The van der Waals surface area contributed by atoms with Crippen LogP contribution < -0.4 is 9.47 Å². The average molecular weight is 260 g/mol. The predicted octanol–water partition coefficient (Wildman–Crippen LogP) is 1.33. The second-order valence-corrected chi connectivity index (χ2v) is 3.24. The maximum Gasteiger partial charge on any atom is 0.336 e. The minimum Gasteiger partial charge on any atom is -0.481 e. The summed E-state index contributed by atoms with van der Waals surface area (Å²) in [5, 5.41) is 0. The number of hydrogen-bond donors (Lipinski definition) is 0. The minimum absolute atomic E-state index is 0.168. The van der Waals surface area contributed by atoms with E-state index in [0.717, 1.165) is 12.2 Å². The Morgan fingerprint density at radius 1 is 1.16 bits per heavy atom. The van der Waals surface area contributed by atoms with Gasteiger partial charge >= 0.3 is 11.9 Å². The Morgan fingerprint density at radius 2 is 1.74 bits per heavy atom. The van der Waals surface area contributed by atoms with E-state index in [4.69, 9.17) is 15.9 Å². The van der Waals surface area contributed by atoms with Crippen molar-refractivity contribution in [2.24, 2.45) is 0 Å². The van der Waals surface area contributed by atoms with Gasteiger partial charge < -0.3 is 14.2 Å². The molecule has 1 aromatic carbocycles. The molecule has 19 heavy (non-hydrogen) atoms. The molecule has 0 heterocycles. The maximum absolute atomic E-state index is 11.3. The third-order valence-electron chi connectivity index (χ3n) is 1.92. The van der Waals surface area contributed by atoms with Gasteiger partial charge in [0.05, 0.1) is 7.11 Å². The third-order valence-corrected chi connectivity index (χ3v) is 1.92. The highest BCUT2D eigenvalue weighted by molar-refractivity contribution is 5.92. The second-order valence-electron chi connectivity index (χ2n) is 3.24. The van der Waals surface area contributed by atoms with Gasteiger partial charge in [0.25, 0.3) is 0 Å². The van der Waals surface area contributed by atoms with Crippen LogP contribution in [-0.2, 0) is 14.3 Å². The Labute approximate surface area is 110 Å².